The van der Waals surface area contributed by atoms with Gasteiger partial charge in [-0.1, -0.05) is 25.1 Å². The second kappa shape index (κ2) is 10.7. The minimum atomic E-state index is -0.665. The number of hydrogen-bond acceptors (Lipinski definition) is 3. The normalized spacial score (nSPS) is 15.2. The summed E-state index contributed by atoms with van der Waals surface area (Å²) in [6, 6.07) is 13.6. The zero-order valence-corrected chi connectivity index (χ0v) is 17.6. The van der Waals surface area contributed by atoms with Crippen LogP contribution in [-0.4, -0.2) is 48.3 Å². The number of carbonyl (C=O) groups excluding carboxylic acids is 3. The Kier molecular flexibility index (Phi) is 7.76. The van der Waals surface area contributed by atoms with E-state index in [4.69, 9.17) is 0 Å². The molecular weight excluding hydrogens is 397 g/mol. The van der Waals surface area contributed by atoms with E-state index in [2.05, 4.69) is 10.6 Å². The molecule has 0 aliphatic carbocycles. The second-order valence-electron chi connectivity index (χ2n) is 7.74. The predicted molar refractivity (Wildman–Crippen MR) is 116 cm³/mol. The Morgan fingerprint density at radius 2 is 1.65 bits per heavy atom. The highest BCUT2D eigenvalue weighted by molar-refractivity contribution is 5.97. The molecule has 1 aliphatic heterocycles. The fourth-order valence-corrected chi connectivity index (χ4v) is 3.78. The topological polar surface area (TPSA) is 78.5 Å². The lowest BCUT2D eigenvalue weighted by molar-refractivity contribution is -0.124. The van der Waals surface area contributed by atoms with Gasteiger partial charge in [0.15, 0.2) is 0 Å². The number of amides is 3. The lowest BCUT2D eigenvalue weighted by atomic mass is 9.88. The summed E-state index contributed by atoms with van der Waals surface area (Å²) in [6.07, 6.45) is 1.98. The van der Waals surface area contributed by atoms with Crippen LogP contribution in [0.25, 0.3) is 0 Å². The van der Waals surface area contributed by atoms with Crippen LogP contribution >= 0.6 is 0 Å². The van der Waals surface area contributed by atoms with Gasteiger partial charge in [0.05, 0.1) is 0 Å². The van der Waals surface area contributed by atoms with E-state index < -0.39 is 6.04 Å². The van der Waals surface area contributed by atoms with Crippen molar-refractivity contribution in [1.82, 2.24) is 15.5 Å². The van der Waals surface area contributed by atoms with E-state index in [1.165, 1.54) is 24.3 Å². The Hall–Kier alpha value is -3.22. The van der Waals surface area contributed by atoms with Gasteiger partial charge in [0.2, 0.25) is 5.91 Å². The average molecular weight is 426 g/mol. The Morgan fingerprint density at radius 1 is 1.00 bits per heavy atom. The summed E-state index contributed by atoms with van der Waals surface area (Å²) in [4.78, 5) is 39.9. The first-order valence-electron chi connectivity index (χ1n) is 10.7. The zero-order valence-electron chi connectivity index (χ0n) is 17.6. The van der Waals surface area contributed by atoms with Gasteiger partial charge in [0.1, 0.15) is 11.9 Å². The second-order valence-corrected chi connectivity index (χ2v) is 7.74. The van der Waals surface area contributed by atoms with Crippen molar-refractivity contribution in [3.8, 4) is 0 Å². The average Bonchev–Trinajstić information content (AvgIpc) is 2.81. The molecule has 6 nitrogen and oxygen atoms in total. The molecule has 1 heterocycles. The molecule has 0 unspecified atom stereocenters. The molecule has 2 N–H and O–H groups in total. The number of rotatable bonds is 7. The van der Waals surface area contributed by atoms with Gasteiger partial charge in [0.25, 0.3) is 11.8 Å². The van der Waals surface area contributed by atoms with E-state index in [1.54, 1.807) is 29.2 Å². The molecule has 0 spiro atoms. The van der Waals surface area contributed by atoms with Crippen molar-refractivity contribution in [2.45, 2.75) is 32.2 Å². The van der Waals surface area contributed by atoms with Crippen molar-refractivity contribution < 1.29 is 18.8 Å². The maximum atomic E-state index is 13.1. The van der Waals surface area contributed by atoms with E-state index in [-0.39, 0.29) is 29.5 Å². The lowest BCUT2D eigenvalue weighted by Gasteiger charge is -2.36. The van der Waals surface area contributed by atoms with Crippen LogP contribution in [0.1, 0.15) is 46.9 Å². The number of piperidine rings is 1. The van der Waals surface area contributed by atoms with Crippen molar-refractivity contribution >= 4 is 17.7 Å². The van der Waals surface area contributed by atoms with Crippen LogP contribution in [0.3, 0.4) is 0 Å². The standard InChI is InChI=1S/C24H28FN3O3/c1-2-14-26-23(30)21(27-22(29)18-6-4-3-5-7-18)17-12-15-28(16-13-17)24(31)19-8-10-20(25)11-9-19/h3-11,17,21H,2,12-16H2,1H3,(H,26,30)(H,27,29)/t21-/m0/s1. The molecular formula is C24H28FN3O3. The Balaban J connectivity index is 1.66. The largest absolute Gasteiger partial charge is 0.354 e. The van der Waals surface area contributed by atoms with Crippen molar-refractivity contribution in [2.24, 2.45) is 5.92 Å². The van der Waals surface area contributed by atoms with Crippen LogP contribution < -0.4 is 10.6 Å². The van der Waals surface area contributed by atoms with Gasteiger partial charge in [0, 0.05) is 30.8 Å². The first-order valence-corrected chi connectivity index (χ1v) is 10.7. The number of benzene rings is 2. The SMILES string of the molecule is CCCNC(=O)[C@@H](NC(=O)c1ccccc1)C1CCN(C(=O)c2ccc(F)cc2)CC1. The van der Waals surface area contributed by atoms with Crippen molar-refractivity contribution in [1.29, 1.82) is 0 Å². The summed E-state index contributed by atoms with van der Waals surface area (Å²) < 4.78 is 13.1. The fraction of sp³-hybridized carbons (Fsp3) is 0.375. The predicted octanol–water partition coefficient (Wildman–Crippen LogP) is 3.00. The van der Waals surface area contributed by atoms with E-state index in [0.717, 1.165) is 6.42 Å². The smallest absolute Gasteiger partial charge is 0.253 e. The number of nitrogens with zero attached hydrogens (tertiary/aromatic N) is 1. The summed E-state index contributed by atoms with van der Waals surface area (Å²) >= 11 is 0. The fourth-order valence-electron chi connectivity index (χ4n) is 3.78. The van der Waals surface area contributed by atoms with Crippen LogP contribution in [0.4, 0.5) is 4.39 Å². The van der Waals surface area contributed by atoms with Gasteiger partial charge < -0.3 is 15.5 Å². The molecule has 0 bridgehead atoms. The Morgan fingerprint density at radius 3 is 2.26 bits per heavy atom. The third-order valence-corrected chi connectivity index (χ3v) is 5.54. The van der Waals surface area contributed by atoms with E-state index in [1.807, 2.05) is 13.0 Å². The highest BCUT2D eigenvalue weighted by Crippen LogP contribution is 2.23. The minimum absolute atomic E-state index is 0.0817. The number of nitrogens with one attached hydrogen (secondary N) is 2. The Bertz CT molecular complexity index is 894. The molecule has 164 valence electrons. The summed E-state index contributed by atoms with van der Waals surface area (Å²) in [7, 11) is 0. The van der Waals surface area contributed by atoms with Crippen molar-refractivity contribution in [3.05, 3.63) is 71.5 Å². The molecule has 2 aromatic rings. The molecule has 0 saturated carbocycles. The minimum Gasteiger partial charge on any atom is -0.354 e. The van der Waals surface area contributed by atoms with Gasteiger partial charge in [-0.25, -0.2) is 4.39 Å². The first kappa shape index (κ1) is 22.5. The maximum absolute atomic E-state index is 13.1. The zero-order chi connectivity index (χ0) is 22.2. The first-order chi connectivity index (χ1) is 15.0. The molecule has 1 fully saturated rings. The van der Waals surface area contributed by atoms with Crippen LogP contribution in [0.15, 0.2) is 54.6 Å². The third kappa shape index (κ3) is 5.90. The van der Waals surface area contributed by atoms with Crippen molar-refractivity contribution in [3.63, 3.8) is 0 Å². The van der Waals surface area contributed by atoms with Gasteiger partial charge in [-0.05, 0) is 61.6 Å². The molecule has 1 aliphatic rings. The molecule has 7 heteroatoms. The Labute approximate surface area is 181 Å². The molecule has 1 saturated heterocycles. The van der Waals surface area contributed by atoms with Gasteiger partial charge in [-0.3, -0.25) is 14.4 Å². The van der Waals surface area contributed by atoms with Crippen LogP contribution in [0, 0.1) is 11.7 Å². The molecule has 1 atom stereocenters. The molecule has 3 amide bonds. The molecule has 2 aromatic carbocycles. The highest BCUT2D eigenvalue weighted by Gasteiger charge is 2.34. The van der Waals surface area contributed by atoms with Crippen LogP contribution in [0.2, 0.25) is 0 Å². The molecule has 0 aromatic heterocycles. The van der Waals surface area contributed by atoms with Gasteiger partial charge in [-0.2, -0.15) is 0 Å². The summed E-state index contributed by atoms with van der Waals surface area (Å²) in [5, 5.41) is 5.78. The van der Waals surface area contributed by atoms with Crippen LogP contribution in [-0.2, 0) is 4.79 Å². The highest BCUT2D eigenvalue weighted by atomic mass is 19.1. The number of hydrogen-bond donors (Lipinski definition) is 2. The number of halogens is 1. The summed E-state index contributed by atoms with van der Waals surface area (Å²) in [5.74, 6) is -1.11. The monoisotopic (exact) mass is 425 g/mol. The third-order valence-electron chi connectivity index (χ3n) is 5.54. The van der Waals surface area contributed by atoms with E-state index in [0.29, 0.717) is 43.6 Å². The molecule has 3 rings (SSSR count). The van der Waals surface area contributed by atoms with Crippen molar-refractivity contribution in [2.75, 3.05) is 19.6 Å². The van der Waals surface area contributed by atoms with E-state index >= 15 is 0 Å². The molecule has 0 radical (unpaired) electrons. The van der Waals surface area contributed by atoms with E-state index in [9.17, 15) is 18.8 Å². The summed E-state index contributed by atoms with van der Waals surface area (Å²) in [5.41, 5.74) is 0.939. The quantitative estimate of drug-likeness (QED) is 0.716. The number of likely N-dealkylation sites (tertiary alicyclic amines) is 1. The molecule has 31 heavy (non-hydrogen) atoms. The van der Waals surface area contributed by atoms with Crippen LogP contribution in [0.5, 0.6) is 0 Å². The maximum Gasteiger partial charge on any atom is 0.253 e. The van der Waals surface area contributed by atoms with Gasteiger partial charge >= 0.3 is 0 Å². The van der Waals surface area contributed by atoms with Gasteiger partial charge in [-0.15, -0.1) is 0 Å². The lowest BCUT2D eigenvalue weighted by Crippen LogP contribution is -2.54. The summed E-state index contributed by atoms with van der Waals surface area (Å²) in [6.45, 7) is 3.45. The number of carbonyl (C=O) groups is 3.